The van der Waals surface area contributed by atoms with Gasteiger partial charge in [0.1, 0.15) is 6.04 Å². The number of sulfonamides is 1. The van der Waals surface area contributed by atoms with Gasteiger partial charge < -0.3 is 15.1 Å². The highest BCUT2D eigenvalue weighted by Crippen LogP contribution is 2.32. The van der Waals surface area contributed by atoms with Gasteiger partial charge >= 0.3 is 0 Å². The molecule has 0 bridgehead atoms. The molecule has 2 unspecified atom stereocenters. The number of thiazole rings is 1. The molecule has 1 N–H and O–H groups in total. The number of hydrogen-bond acceptors (Lipinski definition) is 7. The molecule has 2 aliphatic heterocycles. The Bertz CT molecular complexity index is 947. The molecule has 0 radical (unpaired) electrons. The monoisotopic (exact) mass is 469 g/mol. The summed E-state index contributed by atoms with van der Waals surface area (Å²) in [5.41, 5.74) is 0. The van der Waals surface area contributed by atoms with E-state index in [0.29, 0.717) is 37.5 Å². The van der Waals surface area contributed by atoms with E-state index in [9.17, 15) is 22.8 Å². The van der Waals surface area contributed by atoms with Crippen molar-refractivity contribution in [3.05, 3.63) is 11.6 Å². The van der Waals surface area contributed by atoms with E-state index in [1.54, 1.807) is 16.5 Å². The summed E-state index contributed by atoms with van der Waals surface area (Å²) in [6.07, 6.45) is 4.06. The van der Waals surface area contributed by atoms with E-state index in [1.165, 1.54) is 27.5 Å². The Hall–Kier alpha value is -2.05. The van der Waals surface area contributed by atoms with Gasteiger partial charge in [0.2, 0.25) is 27.7 Å². The molecule has 2 saturated heterocycles. The first-order chi connectivity index (χ1) is 14.8. The molecule has 3 heterocycles. The number of anilines is 1. The van der Waals surface area contributed by atoms with E-state index >= 15 is 0 Å². The van der Waals surface area contributed by atoms with E-state index in [4.69, 9.17) is 0 Å². The molecule has 3 amide bonds. The summed E-state index contributed by atoms with van der Waals surface area (Å²) in [5.74, 6) is -0.600. The van der Waals surface area contributed by atoms with Gasteiger partial charge in [-0.2, -0.15) is 4.31 Å². The molecule has 1 aromatic heterocycles. The first-order valence-electron chi connectivity index (χ1n) is 10.5. The molecular weight excluding hydrogens is 442 g/mol. The molecule has 1 saturated carbocycles. The minimum atomic E-state index is -3.44. The largest absolute Gasteiger partial charge is 0.343 e. The third-order valence-electron chi connectivity index (χ3n) is 6.16. The number of nitrogens with one attached hydrogen (secondary N) is 1. The minimum Gasteiger partial charge on any atom is -0.343 e. The summed E-state index contributed by atoms with van der Waals surface area (Å²) in [7, 11) is -3.44. The van der Waals surface area contributed by atoms with Crippen molar-refractivity contribution in [3.63, 3.8) is 0 Å². The number of piperazine rings is 1. The maximum Gasteiger partial charge on any atom is 0.248 e. The number of carbonyl (C=O) groups is 3. The van der Waals surface area contributed by atoms with Gasteiger partial charge in [-0.15, -0.1) is 11.3 Å². The first kappa shape index (κ1) is 22.2. The molecule has 0 spiro atoms. The fourth-order valence-electron chi connectivity index (χ4n) is 4.26. The average Bonchev–Trinajstić information content (AvgIpc) is 3.27. The fourth-order valence-corrected chi connectivity index (χ4v) is 6.58. The van der Waals surface area contributed by atoms with Crippen molar-refractivity contribution in [1.29, 1.82) is 0 Å². The van der Waals surface area contributed by atoms with Crippen molar-refractivity contribution >= 4 is 44.2 Å². The maximum absolute atomic E-state index is 13.1. The van der Waals surface area contributed by atoms with Crippen LogP contribution < -0.4 is 5.32 Å². The van der Waals surface area contributed by atoms with Gasteiger partial charge in [0.05, 0.1) is 11.8 Å². The summed E-state index contributed by atoms with van der Waals surface area (Å²) in [4.78, 5) is 45.1. The number of carbonyl (C=O) groups excluding carboxylic acids is 3. The van der Waals surface area contributed by atoms with Crippen LogP contribution in [0.25, 0.3) is 0 Å². The summed E-state index contributed by atoms with van der Waals surface area (Å²) < 4.78 is 26.3. The van der Waals surface area contributed by atoms with E-state index in [1.807, 2.05) is 0 Å². The van der Waals surface area contributed by atoms with E-state index < -0.39 is 16.1 Å². The zero-order valence-electron chi connectivity index (χ0n) is 17.4. The molecule has 12 heteroatoms. The second-order valence-corrected chi connectivity index (χ2v) is 11.5. The van der Waals surface area contributed by atoms with Crippen LogP contribution in [0.2, 0.25) is 0 Å². The summed E-state index contributed by atoms with van der Waals surface area (Å²) in [6.45, 7) is 2.85. The quantitative estimate of drug-likeness (QED) is 0.615. The van der Waals surface area contributed by atoms with Gasteiger partial charge in [-0.1, -0.05) is 0 Å². The van der Waals surface area contributed by atoms with E-state index in [-0.39, 0.29) is 48.5 Å². The number of nitrogens with zero attached hydrogens (tertiary/aromatic N) is 4. The first-order valence-corrected chi connectivity index (χ1v) is 12.9. The number of amides is 3. The van der Waals surface area contributed by atoms with Gasteiger partial charge in [0.15, 0.2) is 5.13 Å². The molecule has 1 aliphatic carbocycles. The van der Waals surface area contributed by atoms with E-state index in [2.05, 4.69) is 10.3 Å². The van der Waals surface area contributed by atoms with Crippen molar-refractivity contribution in [2.75, 3.05) is 38.0 Å². The lowest BCUT2D eigenvalue weighted by atomic mass is 9.96. The van der Waals surface area contributed by atoms with Crippen LogP contribution in [0, 0.1) is 5.92 Å². The standard InChI is InChI=1S/C19H27N5O5S2/c1-13(25)22-6-4-14(11-22)10-16(18(27)21-19-20-5-9-30-19)24-8-7-23(12-17(24)26)31(28,29)15-2-3-15/h5,9,14-16H,2-4,6-8,10-12H2,1H3,(H,20,21,27). The highest BCUT2D eigenvalue weighted by molar-refractivity contribution is 7.90. The van der Waals surface area contributed by atoms with Gasteiger partial charge in [0, 0.05) is 44.7 Å². The lowest BCUT2D eigenvalue weighted by Crippen LogP contribution is -2.58. The lowest BCUT2D eigenvalue weighted by molar-refractivity contribution is -0.142. The Morgan fingerprint density at radius 2 is 2.03 bits per heavy atom. The van der Waals surface area contributed by atoms with Crippen LogP contribution in [0.1, 0.15) is 32.6 Å². The van der Waals surface area contributed by atoms with Crippen LogP contribution in [-0.4, -0.2) is 89.2 Å². The Balaban J connectivity index is 1.47. The Morgan fingerprint density at radius 3 is 2.61 bits per heavy atom. The summed E-state index contributed by atoms with van der Waals surface area (Å²) in [5, 5.41) is 4.61. The van der Waals surface area contributed by atoms with Gasteiger partial charge in [-0.05, 0) is 31.6 Å². The van der Waals surface area contributed by atoms with Crippen LogP contribution >= 0.6 is 11.3 Å². The lowest BCUT2D eigenvalue weighted by Gasteiger charge is -2.38. The average molecular weight is 470 g/mol. The zero-order chi connectivity index (χ0) is 22.2. The van der Waals surface area contributed by atoms with Crippen LogP contribution in [-0.2, 0) is 24.4 Å². The maximum atomic E-state index is 13.1. The van der Waals surface area contributed by atoms with Crippen LogP contribution in [0.3, 0.4) is 0 Å². The molecule has 3 fully saturated rings. The Morgan fingerprint density at radius 1 is 1.26 bits per heavy atom. The van der Waals surface area contributed by atoms with Crippen molar-refractivity contribution in [1.82, 2.24) is 19.1 Å². The second-order valence-electron chi connectivity index (χ2n) is 8.36. The van der Waals surface area contributed by atoms with Gasteiger partial charge in [-0.3, -0.25) is 14.4 Å². The van der Waals surface area contributed by atoms with Gasteiger partial charge in [0.25, 0.3) is 0 Å². The second kappa shape index (κ2) is 8.83. The number of likely N-dealkylation sites (tertiary alicyclic amines) is 1. The molecule has 3 aliphatic rings. The Labute approximate surface area is 185 Å². The molecular formula is C19H27N5O5S2. The number of aromatic nitrogens is 1. The van der Waals surface area contributed by atoms with Crippen LogP contribution in [0.4, 0.5) is 5.13 Å². The van der Waals surface area contributed by atoms with Crippen LogP contribution in [0.5, 0.6) is 0 Å². The molecule has 10 nitrogen and oxygen atoms in total. The summed E-state index contributed by atoms with van der Waals surface area (Å²) >= 11 is 1.29. The van der Waals surface area contributed by atoms with Crippen LogP contribution in [0.15, 0.2) is 11.6 Å². The SMILES string of the molecule is CC(=O)N1CCC(CC(C(=O)Nc2nccs2)N2CCN(S(=O)(=O)C3CC3)CC2=O)C1. The van der Waals surface area contributed by atoms with Crippen molar-refractivity contribution in [3.8, 4) is 0 Å². The highest BCUT2D eigenvalue weighted by Gasteiger charge is 2.44. The zero-order valence-corrected chi connectivity index (χ0v) is 19.0. The van der Waals surface area contributed by atoms with Crippen molar-refractivity contribution in [2.24, 2.45) is 5.92 Å². The Kier molecular flexibility index (Phi) is 6.31. The highest BCUT2D eigenvalue weighted by atomic mass is 32.2. The molecule has 31 heavy (non-hydrogen) atoms. The summed E-state index contributed by atoms with van der Waals surface area (Å²) in [6, 6.07) is -0.737. The number of hydrogen-bond donors (Lipinski definition) is 1. The molecule has 4 rings (SSSR count). The fraction of sp³-hybridized carbons (Fsp3) is 0.684. The van der Waals surface area contributed by atoms with Crippen molar-refractivity contribution < 1.29 is 22.8 Å². The normalized spacial score (nSPS) is 23.8. The van der Waals surface area contributed by atoms with Gasteiger partial charge in [-0.25, -0.2) is 13.4 Å². The third kappa shape index (κ3) is 4.90. The molecule has 1 aromatic rings. The third-order valence-corrected chi connectivity index (χ3v) is 9.19. The smallest absolute Gasteiger partial charge is 0.248 e. The predicted octanol–water partition coefficient (Wildman–Crippen LogP) is 0.345. The topological polar surface area (TPSA) is 120 Å². The molecule has 2 atom stereocenters. The predicted molar refractivity (Wildman–Crippen MR) is 115 cm³/mol. The minimum absolute atomic E-state index is 0.00117. The molecule has 0 aromatic carbocycles. The molecule has 170 valence electrons. The van der Waals surface area contributed by atoms with E-state index in [0.717, 1.165) is 6.42 Å². The van der Waals surface area contributed by atoms with Crippen molar-refractivity contribution in [2.45, 2.75) is 43.9 Å². The number of rotatable bonds is 7.